The molecule has 1 aromatic heterocycles. The minimum Gasteiger partial charge on any atom is -0.497 e. The smallest absolute Gasteiger partial charge is 0.230 e. The summed E-state index contributed by atoms with van der Waals surface area (Å²) in [5.74, 6) is 3.12. The van der Waals surface area contributed by atoms with E-state index in [9.17, 15) is 4.79 Å². The fourth-order valence-corrected chi connectivity index (χ4v) is 4.39. The maximum absolute atomic E-state index is 12.7. The predicted octanol–water partition coefficient (Wildman–Crippen LogP) is 4.19. The van der Waals surface area contributed by atoms with Crippen molar-refractivity contribution >= 4 is 17.7 Å². The van der Waals surface area contributed by atoms with Crippen LogP contribution in [0.5, 0.6) is 11.5 Å². The Balaban J connectivity index is 1.42. The van der Waals surface area contributed by atoms with Gasteiger partial charge in [-0.05, 0) is 43.5 Å². The number of rotatable bonds is 10. The summed E-state index contributed by atoms with van der Waals surface area (Å²) in [7, 11) is 3.24. The molecule has 1 heterocycles. The number of benzene rings is 2. The number of thioether (sulfide) groups is 1. The summed E-state index contributed by atoms with van der Waals surface area (Å²) >= 11 is 1.42. The molecule has 1 fully saturated rings. The highest BCUT2D eigenvalue weighted by Crippen LogP contribution is 2.40. The van der Waals surface area contributed by atoms with E-state index in [2.05, 4.69) is 32.2 Å². The van der Waals surface area contributed by atoms with Gasteiger partial charge in [-0.25, -0.2) is 0 Å². The lowest BCUT2D eigenvalue weighted by molar-refractivity contribution is -0.119. The zero-order chi connectivity index (χ0) is 22.5. The second-order valence-corrected chi connectivity index (χ2v) is 8.82. The number of ether oxygens (including phenoxy) is 2. The van der Waals surface area contributed by atoms with Gasteiger partial charge in [-0.15, -0.1) is 10.2 Å². The van der Waals surface area contributed by atoms with Crippen molar-refractivity contribution in [1.82, 2.24) is 20.1 Å². The van der Waals surface area contributed by atoms with E-state index >= 15 is 0 Å². The number of hydrogen-bond donors (Lipinski definition) is 1. The van der Waals surface area contributed by atoms with Crippen molar-refractivity contribution in [3.63, 3.8) is 0 Å². The molecule has 168 valence electrons. The molecule has 1 N–H and O–H groups in total. The number of aromatic nitrogens is 3. The first-order chi connectivity index (χ1) is 15.6. The standard InChI is InChI=1S/C24H28N4O3S/c1-16(20-13-19(30-2)11-12-21(20)31-3)25-22(29)15-32-24-27-26-23(18-9-10-18)28(24)14-17-7-5-4-6-8-17/h4-8,11-13,16,18H,9-10,14-15H2,1-3H3,(H,25,29). The normalized spacial score (nSPS) is 14.1. The Morgan fingerprint density at radius 2 is 1.94 bits per heavy atom. The number of methoxy groups -OCH3 is 2. The van der Waals surface area contributed by atoms with Crippen LogP contribution in [0.4, 0.5) is 0 Å². The number of amides is 1. The molecule has 0 bridgehead atoms. The molecule has 1 saturated carbocycles. The van der Waals surface area contributed by atoms with Gasteiger partial charge >= 0.3 is 0 Å². The Hall–Kier alpha value is -3.00. The van der Waals surface area contributed by atoms with Crippen LogP contribution in [0.25, 0.3) is 0 Å². The maximum Gasteiger partial charge on any atom is 0.230 e. The molecule has 2 aromatic carbocycles. The molecule has 32 heavy (non-hydrogen) atoms. The quantitative estimate of drug-likeness (QED) is 0.465. The Kier molecular flexibility index (Phi) is 6.99. The van der Waals surface area contributed by atoms with Crippen molar-refractivity contribution in [2.45, 2.75) is 43.4 Å². The van der Waals surface area contributed by atoms with Crippen molar-refractivity contribution < 1.29 is 14.3 Å². The van der Waals surface area contributed by atoms with E-state index in [4.69, 9.17) is 9.47 Å². The van der Waals surface area contributed by atoms with Gasteiger partial charge in [0.15, 0.2) is 5.16 Å². The molecule has 8 heteroatoms. The van der Waals surface area contributed by atoms with Crippen LogP contribution >= 0.6 is 11.8 Å². The van der Waals surface area contributed by atoms with E-state index in [-0.39, 0.29) is 17.7 Å². The maximum atomic E-state index is 12.7. The molecule has 0 aliphatic heterocycles. The molecule has 0 saturated heterocycles. The van der Waals surface area contributed by atoms with Crippen LogP contribution in [0.2, 0.25) is 0 Å². The molecule has 1 unspecified atom stereocenters. The highest BCUT2D eigenvalue weighted by atomic mass is 32.2. The molecule has 4 rings (SSSR count). The lowest BCUT2D eigenvalue weighted by atomic mass is 10.1. The summed E-state index contributed by atoms with van der Waals surface area (Å²) in [5, 5.41) is 12.7. The van der Waals surface area contributed by atoms with Crippen LogP contribution in [0.3, 0.4) is 0 Å². The van der Waals surface area contributed by atoms with E-state index in [0.29, 0.717) is 18.2 Å². The van der Waals surface area contributed by atoms with Crippen molar-refractivity contribution in [3.05, 3.63) is 65.5 Å². The Bertz CT molecular complexity index is 1070. The number of nitrogens with zero attached hydrogens (tertiary/aromatic N) is 3. The minimum absolute atomic E-state index is 0.0744. The topological polar surface area (TPSA) is 78.3 Å². The SMILES string of the molecule is COc1ccc(OC)c(C(C)NC(=O)CSc2nnc(C3CC3)n2Cc2ccccc2)c1. The molecule has 1 aliphatic rings. The van der Waals surface area contributed by atoms with Crippen LogP contribution in [0, 0.1) is 0 Å². The van der Waals surface area contributed by atoms with Gasteiger partial charge in [0.05, 0.1) is 32.6 Å². The van der Waals surface area contributed by atoms with Crippen molar-refractivity contribution in [1.29, 1.82) is 0 Å². The summed E-state index contributed by atoms with van der Waals surface area (Å²) in [6, 6.07) is 15.6. The molecular weight excluding hydrogens is 424 g/mol. The third-order valence-electron chi connectivity index (χ3n) is 5.48. The second kappa shape index (κ2) is 10.1. The number of carbonyl (C=O) groups is 1. The van der Waals surface area contributed by atoms with E-state index < -0.39 is 0 Å². The lowest BCUT2D eigenvalue weighted by Crippen LogP contribution is -2.28. The van der Waals surface area contributed by atoms with Crippen molar-refractivity contribution in [2.75, 3.05) is 20.0 Å². The molecule has 3 aromatic rings. The Morgan fingerprint density at radius 1 is 1.16 bits per heavy atom. The van der Waals surface area contributed by atoms with Crippen molar-refractivity contribution in [2.24, 2.45) is 0 Å². The monoisotopic (exact) mass is 452 g/mol. The van der Waals surface area contributed by atoms with Crippen LogP contribution in [0.1, 0.15) is 48.7 Å². The fraction of sp³-hybridized carbons (Fsp3) is 0.375. The Morgan fingerprint density at radius 3 is 2.62 bits per heavy atom. The molecule has 1 atom stereocenters. The second-order valence-electron chi connectivity index (χ2n) is 7.87. The summed E-state index contributed by atoms with van der Waals surface area (Å²) in [6.45, 7) is 2.64. The zero-order valence-electron chi connectivity index (χ0n) is 18.6. The van der Waals surface area contributed by atoms with Gasteiger partial charge in [0.2, 0.25) is 5.91 Å². The highest BCUT2D eigenvalue weighted by Gasteiger charge is 2.30. The largest absolute Gasteiger partial charge is 0.497 e. The Labute approximate surface area is 192 Å². The lowest BCUT2D eigenvalue weighted by Gasteiger charge is -2.18. The van der Waals surface area contributed by atoms with Crippen molar-refractivity contribution in [3.8, 4) is 11.5 Å². The molecule has 7 nitrogen and oxygen atoms in total. The molecule has 1 amide bonds. The van der Waals surface area contributed by atoms with Gasteiger partial charge in [0.1, 0.15) is 17.3 Å². The van der Waals surface area contributed by atoms with Gasteiger partial charge in [-0.1, -0.05) is 42.1 Å². The fourth-order valence-electron chi connectivity index (χ4n) is 3.63. The van der Waals surface area contributed by atoms with Gasteiger partial charge in [-0.2, -0.15) is 0 Å². The first-order valence-electron chi connectivity index (χ1n) is 10.7. The first-order valence-corrected chi connectivity index (χ1v) is 11.7. The molecule has 0 spiro atoms. The molecular formula is C24H28N4O3S. The van der Waals surface area contributed by atoms with Crippen LogP contribution < -0.4 is 14.8 Å². The van der Waals surface area contributed by atoms with Crippen LogP contribution in [0.15, 0.2) is 53.7 Å². The molecule has 1 aliphatic carbocycles. The van der Waals surface area contributed by atoms with Crippen LogP contribution in [-0.2, 0) is 11.3 Å². The number of hydrogen-bond acceptors (Lipinski definition) is 6. The van der Waals surface area contributed by atoms with Gasteiger partial charge < -0.3 is 19.4 Å². The predicted molar refractivity (Wildman–Crippen MR) is 124 cm³/mol. The highest BCUT2D eigenvalue weighted by molar-refractivity contribution is 7.99. The third kappa shape index (κ3) is 5.24. The van der Waals surface area contributed by atoms with E-state index in [0.717, 1.165) is 35.1 Å². The van der Waals surface area contributed by atoms with E-state index in [1.54, 1.807) is 14.2 Å². The van der Waals surface area contributed by atoms with Gasteiger partial charge in [-0.3, -0.25) is 4.79 Å². The summed E-state index contributed by atoms with van der Waals surface area (Å²) < 4.78 is 12.9. The van der Waals surface area contributed by atoms with Gasteiger partial charge in [0, 0.05) is 11.5 Å². The summed E-state index contributed by atoms with van der Waals surface area (Å²) in [4.78, 5) is 12.7. The minimum atomic E-state index is -0.225. The number of carbonyl (C=O) groups excluding carboxylic acids is 1. The summed E-state index contributed by atoms with van der Waals surface area (Å²) in [5.41, 5.74) is 2.06. The average Bonchev–Trinajstić information content (AvgIpc) is 3.59. The van der Waals surface area contributed by atoms with Crippen LogP contribution in [-0.4, -0.2) is 40.6 Å². The average molecular weight is 453 g/mol. The third-order valence-corrected chi connectivity index (χ3v) is 6.45. The van der Waals surface area contributed by atoms with E-state index in [1.807, 2.05) is 43.3 Å². The summed E-state index contributed by atoms with van der Waals surface area (Å²) in [6.07, 6.45) is 2.30. The zero-order valence-corrected chi connectivity index (χ0v) is 19.4. The first kappa shape index (κ1) is 22.2. The molecule has 0 radical (unpaired) electrons. The number of nitrogens with one attached hydrogen (secondary N) is 1. The van der Waals surface area contributed by atoms with Gasteiger partial charge in [0.25, 0.3) is 0 Å². The van der Waals surface area contributed by atoms with E-state index in [1.165, 1.54) is 17.3 Å².